The minimum Gasteiger partial charge on any atom is -0.352 e. The Bertz CT molecular complexity index is 432. The molecule has 0 heterocycles. The quantitative estimate of drug-likeness (QED) is 0.825. The molecule has 0 aliphatic heterocycles. The lowest BCUT2D eigenvalue weighted by Gasteiger charge is -2.23. The fourth-order valence-electron chi connectivity index (χ4n) is 1.55. The lowest BCUT2D eigenvalue weighted by Crippen LogP contribution is -2.34. The van der Waals surface area contributed by atoms with Crippen molar-refractivity contribution in [3.05, 3.63) is 35.1 Å². The Kier molecular flexibility index (Phi) is 5.32. The number of halogens is 2. The Hall–Kier alpha value is -0.900. The molecule has 0 fully saturated rings. The summed E-state index contributed by atoms with van der Waals surface area (Å²) in [6, 6.07) is 4.41. The fraction of sp³-hybridized carbons (Fsp3) is 0.500. The van der Waals surface area contributed by atoms with E-state index >= 15 is 0 Å². The van der Waals surface area contributed by atoms with Crippen molar-refractivity contribution in [3.63, 3.8) is 0 Å². The Labute approximate surface area is 116 Å². The monoisotopic (exact) mass is 315 g/mol. The van der Waals surface area contributed by atoms with Crippen LogP contribution in [0.1, 0.15) is 36.2 Å². The smallest absolute Gasteiger partial charge is 0.251 e. The van der Waals surface area contributed by atoms with Crippen LogP contribution in [-0.4, -0.2) is 17.8 Å². The van der Waals surface area contributed by atoms with Crippen molar-refractivity contribution in [2.75, 3.05) is 11.9 Å². The summed E-state index contributed by atoms with van der Waals surface area (Å²) in [5, 5.41) is 3.80. The Morgan fingerprint density at radius 2 is 2.11 bits per heavy atom. The van der Waals surface area contributed by atoms with Crippen LogP contribution >= 0.6 is 15.9 Å². The molecule has 1 rings (SSSR count). The van der Waals surface area contributed by atoms with Crippen LogP contribution in [0.2, 0.25) is 0 Å². The molecule has 1 aromatic rings. The van der Waals surface area contributed by atoms with Crippen LogP contribution in [0.3, 0.4) is 0 Å². The van der Waals surface area contributed by atoms with E-state index in [0.717, 1.165) is 11.8 Å². The van der Waals surface area contributed by atoms with Crippen molar-refractivity contribution in [1.29, 1.82) is 0 Å². The normalized spacial score (nSPS) is 11.4. The van der Waals surface area contributed by atoms with Crippen LogP contribution in [0.15, 0.2) is 18.2 Å². The third-order valence-electron chi connectivity index (χ3n) is 2.92. The number of alkyl halides is 1. The van der Waals surface area contributed by atoms with Crippen LogP contribution in [0, 0.1) is 18.2 Å². The molecule has 0 saturated heterocycles. The fourth-order valence-corrected chi connectivity index (χ4v) is 2.63. The zero-order valence-corrected chi connectivity index (χ0v) is 12.6. The van der Waals surface area contributed by atoms with Gasteiger partial charge in [-0.05, 0) is 42.5 Å². The van der Waals surface area contributed by atoms with Gasteiger partial charge in [-0.25, -0.2) is 4.39 Å². The third kappa shape index (κ3) is 4.41. The maximum atomic E-state index is 13.1. The number of carbonyl (C=O) groups is 1. The maximum absolute atomic E-state index is 13.1. The second-order valence-corrected chi connectivity index (χ2v) is 6.04. The Morgan fingerprint density at radius 1 is 1.44 bits per heavy atom. The first-order valence-electron chi connectivity index (χ1n) is 5.96. The van der Waals surface area contributed by atoms with Gasteiger partial charge in [-0.3, -0.25) is 4.79 Å². The summed E-state index contributed by atoms with van der Waals surface area (Å²) >= 11 is 3.40. The lowest BCUT2D eigenvalue weighted by molar-refractivity contribution is 0.0936. The average Bonchev–Trinajstić information content (AvgIpc) is 2.30. The second kappa shape index (κ2) is 6.32. The van der Waals surface area contributed by atoms with Gasteiger partial charge < -0.3 is 5.32 Å². The molecule has 0 unspecified atom stereocenters. The predicted octanol–water partition coefficient (Wildman–Crippen LogP) is 3.68. The third-order valence-corrected chi connectivity index (χ3v) is 3.32. The zero-order valence-electron chi connectivity index (χ0n) is 11.0. The highest BCUT2D eigenvalue weighted by molar-refractivity contribution is 9.09. The highest BCUT2D eigenvalue weighted by Gasteiger charge is 2.18. The Morgan fingerprint density at radius 3 is 2.67 bits per heavy atom. The van der Waals surface area contributed by atoms with Gasteiger partial charge in [-0.2, -0.15) is 0 Å². The van der Waals surface area contributed by atoms with Gasteiger partial charge in [0.1, 0.15) is 5.82 Å². The van der Waals surface area contributed by atoms with E-state index in [9.17, 15) is 9.18 Å². The molecule has 1 aromatic carbocycles. The summed E-state index contributed by atoms with van der Waals surface area (Å²) in [6.45, 7) is 6.46. The van der Waals surface area contributed by atoms with Gasteiger partial charge in [0.15, 0.2) is 0 Å². The molecule has 0 spiro atoms. The molecule has 0 aliphatic rings. The standard InChI is InChI=1S/C14H19BrFNO/c1-10-8-11(4-5-12(10)16)13(18)17-9-14(2,3)6-7-15/h4-5,8H,6-7,9H2,1-3H3,(H,17,18). The molecular formula is C14H19BrFNO. The van der Waals surface area contributed by atoms with E-state index in [2.05, 4.69) is 35.1 Å². The number of hydrogen-bond acceptors (Lipinski definition) is 1. The van der Waals surface area contributed by atoms with Gasteiger partial charge in [-0.1, -0.05) is 29.8 Å². The van der Waals surface area contributed by atoms with Crippen molar-refractivity contribution in [1.82, 2.24) is 5.32 Å². The molecule has 0 aliphatic carbocycles. The molecule has 4 heteroatoms. The van der Waals surface area contributed by atoms with E-state index < -0.39 is 0 Å². The minimum atomic E-state index is -0.286. The number of hydrogen-bond donors (Lipinski definition) is 1. The van der Waals surface area contributed by atoms with E-state index in [4.69, 9.17) is 0 Å². The van der Waals surface area contributed by atoms with E-state index in [1.165, 1.54) is 12.1 Å². The van der Waals surface area contributed by atoms with Crippen molar-refractivity contribution in [3.8, 4) is 0 Å². The molecule has 0 saturated carbocycles. The highest BCUT2D eigenvalue weighted by atomic mass is 79.9. The molecule has 1 N–H and O–H groups in total. The topological polar surface area (TPSA) is 29.1 Å². The number of carbonyl (C=O) groups excluding carboxylic acids is 1. The number of amides is 1. The van der Waals surface area contributed by atoms with E-state index in [-0.39, 0.29) is 17.1 Å². The molecule has 0 bridgehead atoms. The van der Waals surface area contributed by atoms with E-state index in [1.807, 2.05) is 0 Å². The summed E-state index contributed by atoms with van der Waals surface area (Å²) in [6.07, 6.45) is 0.982. The van der Waals surface area contributed by atoms with Gasteiger partial charge in [0.2, 0.25) is 0 Å². The number of rotatable bonds is 5. The zero-order chi connectivity index (χ0) is 13.8. The molecule has 0 atom stereocenters. The highest BCUT2D eigenvalue weighted by Crippen LogP contribution is 2.20. The first-order valence-corrected chi connectivity index (χ1v) is 7.08. The van der Waals surface area contributed by atoms with Crippen molar-refractivity contribution in [2.45, 2.75) is 27.2 Å². The first-order chi connectivity index (χ1) is 8.35. The number of aryl methyl sites for hydroxylation is 1. The average molecular weight is 316 g/mol. The number of benzene rings is 1. The predicted molar refractivity (Wildman–Crippen MR) is 75.7 cm³/mol. The van der Waals surface area contributed by atoms with E-state index in [1.54, 1.807) is 13.0 Å². The maximum Gasteiger partial charge on any atom is 0.251 e. The van der Waals surface area contributed by atoms with Crippen LogP contribution in [-0.2, 0) is 0 Å². The van der Waals surface area contributed by atoms with Gasteiger partial charge in [0, 0.05) is 17.4 Å². The summed E-state index contributed by atoms with van der Waals surface area (Å²) in [5.74, 6) is -0.438. The van der Waals surface area contributed by atoms with Crippen molar-refractivity contribution in [2.24, 2.45) is 5.41 Å². The van der Waals surface area contributed by atoms with Crippen LogP contribution in [0.5, 0.6) is 0 Å². The molecule has 0 radical (unpaired) electrons. The lowest BCUT2D eigenvalue weighted by atomic mass is 9.90. The minimum absolute atomic E-state index is 0.0498. The first kappa shape index (κ1) is 15.2. The second-order valence-electron chi connectivity index (χ2n) is 5.25. The summed E-state index contributed by atoms with van der Waals surface area (Å²) < 4.78 is 13.1. The summed E-state index contributed by atoms with van der Waals surface area (Å²) in [7, 11) is 0. The van der Waals surface area contributed by atoms with Gasteiger partial charge in [0.25, 0.3) is 5.91 Å². The molecular weight excluding hydrogens is 297 g/mol. The molecule has 1 amide bonds. The van der Waals surface area contributed by atoms with Crippen molar-refractivity contribution >= 4 is 21.8 Å². The molecule has 18 heavy (non-hydrogen) atoms. The van der Waals surface area contributed by atoms with Crippen LogP contribution < -0.4 is 5.32 Å². The Balaban J connectivity index is 2.63. The molecule has 2 nitrogen and oxygen atoms in total. The van der Waals surface area contributed by atoms with Crippen LogP contribution in [0.4, 0.5) is 4.39 Å². The molecule has 0 aromatic heterocycles. The van der Waals surface area contributed by atoms with Gasteiger partial charge in [0.05, 0.1) is 0 Å². The van der Waals surface area contributed by atoms with Gasteiger partial charge >= 0.3 is 0 Å². The summed E-state index contributed by atoms with van der Waals surface area (Å²) in [5.41, 5.74) is 1.04. The number of nitrogens with one attached hydrogen (secondary N) is 1. The SMILES string of the molecule is Cc1cc(C(=O)NCC(C)(C)CCBr)ccc1F. The van der Waals surface area contributed by atoms with Crippen molar-refractivity contribution < 1.29 is 9.18 Å². The van der Waals surface area contributed by atoms with Gasteiger partial charge in [-0.15, -0.1) is 0 Å². The molecule has 100 valence electrons. The summed E-state index contributed by atoms with van der Waals surface area (Å²) in [4.78, 5) is 11.9. The van der Waals surface area contributed by atoms with Crippen LogP contribution in [0.25, 0.3) is 0 Å². The van der Waals surface area contributed by atoms with E-state index in [0.29, 0.717) is 17.7 Å². The largest absolute Gasteiger partial charge is 0.352 e.